The first kappa shape index (κ1) is 17.9. The van der Waals surface area contributed by atoms with Crippen molar-refractivity contribution in [2.24, 2.45) is 7.05 Å². The van der Waals surface area contributed by atoms with E-state index in [9.17, 15) is 0 Å². The van der Waals surface area contributed by atoms with E-state index in [-0.39, 0.29) is 6.04 Å². The Morgan fingerprint density at radius 2 is 2.18 bits per heavy atom. The summed E-state index contributed by atoms with van der Waals surface area (Å²) in [6, 6.07) is 12.2. The number of hydrogen-bond donors (Lipinski definition) is 1. The number of fused-ring (bicyclic) bond motifs is 1. The Morgan fingerprint density at radius 3 is 3.00 bits per heavy atom. The van der Waals surface area contributed by atoms with Crippen LogP contribution in [0.5, 0.6) is 0 Å². The molecule has 5 rings (SSSR count). The molecule has 1 aliphatic rings. The lowest BCUT2D eigenvalue weighted by atomic mass is 10.2. The van der Waals surface area contributed by atoms with Gasteiger partial charge in [-0.15, -0.1) is 11.3 Å². The van der Waals surface area contributed by atoms with Gasteiger partial charge in [0, 0.05) is 13.6 Å². The summed E-state index contributed by atoms with van der Waals surface area (Å²) in [6.07, 6.45) is 1.87. The second kappa shape index (κ2) is 7.33. The van der Waals surface area contributed by atoms with Crippen molar-refractivity contribution in [2.45, 2.75) is 12.6 Å². The van der Waals surface area contributed by atoms with E-state index in [1.54, 1.807) is 11.3 Å². The third-order valence-electron chi connectivity index (χ3n) is 5.21. The summed E-state index contributed by atoms with van der Waals surface area (Å²) in [6.45, 7) is 2.92. The number of aryl methyl sites for hydroxylation is 1. The van der Waals surface area contributed by atoms with E-state index in [0.29, 0.717) is 13.2 Å². The number of H-pyrrole nitrogens is 1. The average molecular weight is 414 g/mol. The van der Waals surface area contributed by atoms with Gasteiger partial charge in [-0.1, -0.05) is 23.7 Å². The summed E-state index contributed by atoms with van der Waals surface area (Å²) < 4.78 is 8.71. The average Bonchev–Trinajstić information content (AvgIpc) is 3.43. The number of ether oxygens (including phenoxy) is 1. The molecule has 0 bridgehead atoms. The first-order valence-electron chi connectivity index (χ1n) is 9.22. The van der Waals surface area contributed by atoms with Gasteiger partial charge in [0.15, 0.2) is 0 Å². The smallest absolute Gasteiger partial charge is 0.126 e. The van der Waals surface area contributed by atoms with E-state index in [4.69, 9.17) is 21.3 Å². The number of thiophene rings is 1. The Balaban J connectivity index is 1.42. The van der Waals surface area contributed by atoms with Crippen LogP contribution in [0.3, 0.4) is 0 Å². The summed E-state index contributed by atoms with van der Waals surface area (Å²) >= 11 is 7.62. The number of nitrogens with zero attached hydrogens (tertiary/aromatic N) is 4. The normalized spacial score (nSPS) is 18.1. The summed E-state index contributed by atoms with van der Waals surface area (Å²) in [7, 11) is 2.08. The summed E-state index contributed by atoms with van der Waals surface area (Å²) in [5.41, 5.74) is 3.16. The molecule has 1 saturated heterocycles. The Bertz CT molecular complexity index is 1120. The number of hydrogen-bond acceptors (Lipinski definition) is 5. The van der Waals surface area contributed by atoms with Crippen molar-refractivity contribution in [3.05, 3.63) is 58.6 Å². The highest BCUT2D eigenvalue weighted by Crippen LogP contribution is 2.32. The third kappa shape index (κ3) is 3.24. The molecule has 4 heterocycles. The number of morpholine rings is 1. The van der Waals surface area contributed by atoms with E-state index in [0.717, 1.165) is 50.7 Å². The van der Waals surface area contributed by atoms with Crippen LogP contribution in [-0.4, -0.2) is 44.2 Å². The molecule has 1 aliphatic heterocycles. The van der Waals surface area contributed by atoms with Crippen molar-refractivity contribution in [1.29, 1.82) is 0 Å². The predicted molar refractivity (Wildman–Crippen MR) is 112 cm³/mol. The Kier molecular flexibility index (Phi) is 4.68. The molecule has 28 heavy (non-hydrogen) atoms. The second-order valence-electron chi connectivity index (χ2n) is 6.92. The molecule has 4 aromatic rings. The molecule has 1 aromatic carbocycles. The highest BCUT2D eigenvalue weighted by Gasteiger charge is 2.28. The number of aromatic amines is 1. The van der Waals surface area contributed by atoms with Crippen molar-refractivity contribution >= 4 is 34.0 Å². The molecular weight excluding hydrogens is 394 g/mol. The fourth-order valence-corrected chi connectivity index (χ4v) is 4.70. The van der Waals surface area contributed by atoms with Crippen LogP contribution in [0.15, 0.2) is 42.6 Å². The zero-order valence-electron chi connectivity index (χ0n) is 15.4. The zero-order valence-corrected chi connectivity index (χ0v) is 17.0. The minimum atomic E-state index is 0.0674. The van der Waals surface area contributed by atoms with Crippen LogP contribution in [-0.2, 0) is 18.3 Å². The monoisotopic (exact) mass is 413 g/mol. The van der Waals surface area contributed by atoms with E-state index in [2.05, 4.69) is 38.6 Å². The molecule has 0 spiro atoms. The van der Waals surface area contributed by atoms with Gasteiger partial charge in [-0.25, -0.2) is 9.97 Å². The molecule has 0 saturated carbocycles. The second-order valence-corrected chi connectivity index (χ2v) is 8.64. The van der Waals surface area contributed by atoms with Crippen LogP contribution >= 0.6 is 22.9 Å². The fraction of sp³-hybridized carbons (Fsp3) is 0.300. The minimum absolute atomic E-state index is 0.0674. The number of para-hydroxylation sites is 2. The maximum absolute atomic E-state index is 6.07. The summed E-state index contributed by atoms with van der Waals surface area (Å²) in [5.74, 6) is 1.96. The van der Waals surface area contributed by atoms with Gasteiger partial charge in [0.1, 0.15) is 11.6 Å². The highest BCUT2D eigenvalue weighted by molar-refractivity contribution is 7.19. The molecule has 1 fully saturated rings. The summed E-state index contributed by atoms with van der Waals surface area (Å²) in [4.78, 5) is 16.4. The molecule has 1 atom stereocenters. The molecule has 0 amide bonds. The molecule has 144 valence electrons. The predicted octanol–water partition coefficient (Wildman–Crippen LogP) is 4.25. The standard InChI is InChI=1S/C20H20ClN5OS/c1-25-15-5-3-2-4-13(15)23-19(25)11-26-8-9-27-12-16(26)20-22-10-14(24-20)17-6-7-18(21)28-17/h2-7,10,16H,8-9,11-12H2,1H3,(H,22,24). The van der Waals surface area contributed by atoms with Crippen LogP contribution < -0.4 is 0 Å². The number of benzene rings is 1. The number of nitrogens with one attached hydrogen (secondary N) is 1. The lowest BCUT2D eigenvalue weighted by Gasteiger charge is -2.34. The lowest BCUT2D eigenvalue weighted by molar-refractivity contribution is -0.0170. The molecule has 3 aromatic heterocycles. The van der Waals surface area contributed by atoms with E-state index in [1.165, 1.54) is 0 Å². The zero-order chi connectivity index (χ0) is 19.1. The van der Waals surface area contributed by atoms with Gasteiger partial charge in [-0.05, 0) is 24.3 Å². The van der Waals surface area contributed by atoms with Gasteiger partial charge in [-0.2, -0.15) is 0 Å². The van der Waals surface area contributed by atoms with E-state index >= 15 is 0 Å². The van der Waals surface area contributed by atoms with Crippen molar-refractivity contribution in [2.75, 3.05) is 19.8 Å². The molecule has 8 heteroatoms. The van der Waals surface area contributed by atoms with Crippen molar-refractivity contribution < 1.29 is 4.74 Å². The Morgan fingerprint density at radius 1 is 1.29 bits per heavy atom. The maximum atomic E-state index is 6.07. The van der Waals surface area contributed by atoms with E-state index < -0.39 is 0 Å². The van der Waals surface area contributed by atoms with Crippen molar-refractivity contribution in [3.8, 4) is 10.6 Å². The molecule has 1 N–H and O–H groups in total. The van der Waals surface area contributed by atoms with Crippen molar-refractivity contribution in [1.82, 2.24) is 24.4 Å². The maximum Gasteiger partial charge on any atom is 0.126 e. The fourth-order valence-electron chi connectivity index (χ4n) is 3.69. The lowest BCUT2D eigenvalue weighted by Crippen LogP contribution is -2.40. The van der Waals surface area contributed by atoms with Crippen LogP contribution in [0, 0.1) is 0 Å². The van der Waals surface area contributed by atoms with Crippen LogP contribution in [0.25, 0.3) is 21.6 Å². The molecule has 6 nitrogen and oxygen atoms in total. The molecule has 1 unspecified atom stereocenters. The Hall–Kier alpha value is -2.19. The number of rotatable bonds is 4. The SMILES string of the molecule is Cn1c(CN2CCOCC2c2ncc(-c3ccc(Cl)s3)[nH]2)nc2ccccc21. The minimum Gasteiger partial charge on any atom is -0.378 e. The molecule has 0 aliphatic carbocycles. The van der Waals surface area contributed by atoms with Gasteiger partial charge in [0.25, 0.3) is 0 Å². The van der Waals surface area contributed by atoms with Gasteiger partial charge >= 0.3 is 0 Å². The highest BCUT2D eigenvalue weighted by atomic mass is 35.5. The summed E-state index contributed by atoms with van der Waals surface area (Å²) in [5, 5.41) is 0. The Labute approximate surface area is 171 Å². The number of aromatic nitrogens is 4. The van der Waals surface area contributed by atoms with E-state index in [1.807, 2.05) is 30.5 Å². The number of halogens is 1. The third-order valence-corrected chi connectivity index (χ3v) is 6.48. The van der Waals surface area contributed by atoms with Gasteiger partial charge in [0.2, 0.25) is 0 Å². The number of imidazole rings is 2. The van der Waals surface area contributed by atoms with Crippen LogP contribution in [0.1, 0.15) is 17.7 Å². The van der Waals surface area contributed by atoms with Gasteiger partial charge < -0.3 is 14.3 Å². The van der Waals surface area contributed by atoms with Crippen molar-refractivity contribution in [3.63, 3.8) is 0 Å². The largest absolute Gasteiger partial charge is 0.378 e. The molecule has 0 radical (unpaired) electrons. The van der Waals surface area contributed by atoms with Gasteiger partial charge in [-0.3, -0.25) is 4.90 Å². The van der Waals surface area contributed by atoms with Crippen LogP contribution in [0.2, 0.25) is 4.34 Å². The first-order valence-corrected chi connectivity index (χ1v) is 10.4. The quantitative estimate of drug-likeness (QED) is 0.543. The first-order chi connectivity index (χ1) is 13.7. The topological polar surface area (TPSA) is 59.0 Å². The van der Waals surface area contributed by atoms with Crippen LogP contribution in [0.4, 0.5) is 0 Å². The van der Waals surface area contributed by atoms with Gasteiger partial charge in [0.05, 0.1) is 57.9 Å². The molecular formula is C20H20ClN5OS.